The quantitative estimate of drug-likeness (QED) is 0.570. The average molecular weight is 216 g/mol. The van der Waals surface area contributed by atoms with Gasteiger partial charge in [-0.1, -0.05) is 0 Å². The number of hydrogen-bond acceptors (Lipinski definition) is 4. The highest BCUT2D eigenvalue weighted by molar-refractivity contribution is 5.75. The molecule has 1 rings (SSSR count). The molecule has 0 aromatic heterocycles. The van der Waals surface area contributed by atoms with E-state index in [1.807, 2.05) is 0 Å². The fraction of sp³-hybridized carbons (Fsp3) is 0.900. The fourth-order valence-corrected chi connectivity index (χ4v) is 1.46. The van der Waals surface area contributed by atoms with Crippen LogP contribution < -0.4 is 11.1 Å². The van der Waals surface area contributed by atoms with Crippen molar-refractivity contribution in [2.24, 2.45) is 5.73 Å². The third-order valence-corrected chi connectivity index (χ3v) is 2.27. The standard InChI is InChI=1S/C10H20N2O3/c11-4-5-12-10(13)3-7-14-8-9-2-1-6-15-9/h9H,1-8,11H2,(H,12,13). The molecule has 1 atom stereocenters. The van der Waals surface area contributed by atoms with E-state index >= 15 is 0 Å². The Morgan fingerprint density at radius 1 is 1.60 bits per heavy atom. The lowest BCUT2D eigenvalue weighted by Crippen LogP contribution is -2.30. The Balaban J connectivity index is 1.89. The van der Waals surface area contributed by atoms with Crippen molar-refractivity contribution in [2.75, 3.05) is 32.9 Å². The minimum atomic E-state index is -0.00668. The van der Waals surface area contributed by atoms with Crippen LogP contribution in [0.4, 0.5) is 0 Å². The number of amides is 1. The number of rotatable bonds is 7. The first-order chi connectivity index (χ1) is 7.33. The monoisotopic (exact) mass is 216 g/mol. The van der Waals surface area contributed by atoms with Gasteiger partial charge >= 0.3 is 0 Å². The van der Waals surface area contributed by atoms with Crippen molar-refractivity contribution in [1.82, 2.24) is 5.32 Å². The highest BCUT2D eigenvalue weighted by atomic mass is 16.5. The van der Waals surface area contributed by atoms with E-state index in [1.165, 1.54) is 0 Å². The van der Waals surface area contributed by atoms with Gasteiger partial charge in [0.05, 0.1) is 19.3 Å². The van der Waals surface area contributed by atoms with Gasteiger partial charge in [0.15, 0.2) is 0 Å². The normalized spacial score (nSPS) is 20.5. The third kappa shape index (κ3) is 5.71. The summed E-state index contributed by atoms with van der Waals surface area (Å²) in [5, 5.41) is 2.69. The number of carbonyl (C=O) groups is 1. The minimum Gasteiger partial charge on any atom is -0.378 e. The van der Waals surface area contributed by atoms with E-state index in [2.05, 4.69) is 5.32 Å². The highest BCUT2D eigenvalue weighted by Crippen LogP contribution is 2.11. The predicted octanol–water partition coefficient (Wildman–Crippen LogP) is -0.353. The van der Waals surface area contributed by atoms with Gasteiger partial charge in [-0.15, -0.1) is 0 Å². The molecule has 0 bridgehead atoms. The van der Waals surface area contributed by atoms with Crippen LogP contribution in [0.1, 0.15) is 19.3 Å². The van der Waals surface area contributed by atoms with Crippen LogP contribution in [0.3, 0.4) is 0 Å². The summed E-state index contributed by atoms with van der Waals surface area (Å²) in [4.78, 5) is 11.1. The largest absolute Gasteiger partial charge is 0.378 e. The summed E-state index contributed by atoms with van der Waals surface area (Å²) < 4.78 is 10.7. The zero-order valence-corrected chi connectivity index (χ0v) is 9.04. The Labute approximate surface area is 90.3 Å². The molecule has 5 heteroatoms. The number of carbonyl (C=O) groups excluding carboxylic acids is 1. The molecule has 3 N–H and O–H groups in total. The molecule has 1 amide bonds. The summed E-state index contributed by atoms with van der Waals surface area (Å²) in [7, 11) is 0. The molecule has 0 aromatic rings. The zero-order valence-electron chi connectivity index (χ0n) is 9.04. The topological polar surface area (TPSA) is 73.6 Å². The number of hydrogen-bond donors (Lipinski definition) is 2. The van der Waals surface area contributed by atoms with E-state index in [-0.39, 0.29) is 12.0 Å². The second kappa shape index (κ2) is 7.62. The Bertz CT molecular complexity index is 182. The zero-order chi connectivity index (χ0) is 10.9. The lowest BCUT2D eigenvalue weighted by Gasteiger charge is -2.09. The molecule has 0 aromatic carbocycles. The van der Waals surface area contributed by atoms with Crippen LogP contribution >= 0.6 is 0 Å². The summed E-state index contributed by atoms with van der Waals surface area (Å²) in [6, 6.07) is 0. The first kappa shape index (κ1) is 12.4. The van der Waals surface area contributed by atoms with Gasteiger partial charge in [-0.25, -0.2) is 0 Å². The van der Waals surface area contributed by atoms with Gasteiger partial charge in [0, 0.05) is 26.1 Å². The van der Waals surface area contributed by atoms with Crippen molar-refractivity contribution in [3.8, 4) is 0 Å². The predicted molar refractivity (Wildman–Crippen MR) is 56.5 cm³/mol. The molecule has 0 spiro atoms. The SMILES string of the molecule is NCCNC(=O)CCOCC1CCCO1. The summed E-state index contributed by atoms with van der Waals surface area (Å²) in [5.74, 6) is -0.00668. The van der Waals surface area contributed by atoms with Crippen LogP contribution in [0.15, 0.2) is 0 Å². The molecule has 0 aliphatic carbocycles. The van der Waals surface area contributed by atoms with Gasteiger partial charge in [-0.2, -0.15) is 0 Å². The summed E-state index contributed by atoms with van der Waals surface area (Å²) in [6.07, 6.45) is 2.81. The molecule has 1 saturated heterocycles. The van der Waals surface area contributed by atoms with Crippen LogP contribution in [0.25, 0.3) is 0 Å². The average Bonchev–Trinajstić information content (AvgIpc) is 2.74. The van der Waals surface area contributed by atoms with E-state index in [0.29, 0.717) is 32.7 Å². The molecule has 1 unspecified atom stereocenters. The second-order valence-electron chi connectivity index (χ2n) is 3.60. The molecule has 1 heterocycles. The number of nitrogens with two attached hydrogens (primary N) is 1. The van der Waals surface area contributed by atoms with Gasteiger partial charge in [-0.05, 0) is 12.8 Å². The molecule has 15 heavy (non-hydrogen) atoms. The van der Waals surface area contributed by atoms with E-state index < -0.39 is 0 Å². The third-order valence-electron chi connectivity index (χ3n) is 2.27. The van der Waals surface area contributed by atoms with Crippen LogP contribution in [0.5, 0.6) is 0 Å². The maximum Gasteiger partial charge on any atom is 0.222 e. The van der Waals surface area contributed by atoms with E-state index in [0.717, 1.165) is 19.4 Å². The van der Waals surface area contributed by atoms with Crippen LogP contribution in [0, 0.1) is 0 Å². The first-order valence-corrected chi connectivity index (χ1v) is 5.49. The lowest BCUT2D eigenvalue weighted by molar-refractivity contribution is -0.122. The molecule has 1 aliphatic rings. The van der Waals surface area contributed by atoms with Crippen molar-refractivity contribution < 1.29 is 14.3 Å². The van der Waals surface area contributed by atoms with Gasteiger partial charge < -0.3 is 20.5 Å². The Morgan fingerprint density at radius 3 is 3.13 bits per heavy atom. The van der Waals surface area contributed by atoms with E-state index in [9.17, 15) is 4.79 Å². The molecule has 88 valence electrons. The summed E-state index contributed by atoms with van der Waals surface area (Å²) >= 11 is 0. The molecule has 0 saturated carbocycles. The van der Waals surface area contributed by atoms with Crippen molar-refractivity contribution in [3.63, 3.8) is 0 Å². The first-order valence-electron chi connectivity index (χ1n) is 5.49. The van der Waals surface area contributed by atoms with Gasteiger partial charge in [0.2, 0.25) is 5.91 Å². The van der Waals surface area contributed by atoms with Crippen molar-refractivity contribution >= 4 is 5.91 Å². The highest BCUT2D eigenvalue weighted by Gasteiger charge is 2.15. The van der Waals surface area contributed by atoms with E-state index in [4.69, 9.17) is 15.2 Å². The molecule has 5 nitrogen and oxygen atoms in total. The Morgan fingerprint density at radius 2 is 2.47 bits per heavy atom. The van der Waals surface area contributed by atoms with Gasteiger partial charge in [0.1, 0.15) is 0 Å². The molecule has 0 radical (unpaired) electrons. The molecular weight excluding hydrogens is 196 g/mol. The summed E-state index contributed by atoms with van der Waals surface area (Å²) in [6.45, 7) is 2.90. The molecular formula is C10H20N2O3. The molecule has 1 fully saturated rings. The minimum absolute atomic E-state index is 0.00668. The van der Waals surface area contributed by atoms with Gasteiger partial charge in [0.25, 0.3) is 0 Å². The smallest absolute Gasteiger partial charge is 0.222 e. The van der Waals surface area contributed by atoms with E-state index in [1.54, 1.807) is 0 Å². The molecule has 1 aliphatic heterocycles. The van der Waals surface area contributed by atoms with Crippen LogP contribution in [-0.2, 0) is 14.3 Å². The van der Waals surface area contributed by atoms with Crippen molar-refractivity contribution in [3.05, 3.63) is 0 Å². The summed E-state index contributed by atoms with van der Waals surface area (Å²) in [5.41, 5.74) is 5.25. The fourth-order valence-electron chi connectivity index (χ4n) is 1.46. The second-order valence-corrected chi connectivity index (χ2v) is 3.60. The van der Waals surface area contributed by atoms with Crippen molar-refractivity contribution in [2.45, 2.75) is 25.4 Å². The lowest BCUT2D eigenvalue weighted by atomic mass is 10.2. The maximum absolute atomic E-state index is 11.1. The van der Waals surface area contributed by atoms with Crippen LogP contribution in [0.2, 0.25) is 0 Å². The number of ether oxygens (including phenoxy) is 2. The van der Waals surface area contributed by atoms with Crippen LogP contribution in [-0.4, -0.2) is 44.9 Å². The van der Waals surface area contributed by atoms with Gasteiger partial charge in [-0.3, -0.25) is 4.79 Å². The van der Waals surface area contributed by atoms with Crippen molar-refractivity contribution in [1.29, 1.82) is 0 Å². The number of nitrogens with one attached hydrogen (secondary N) is 1. The maximum atomic E-state index is 11.1. The Kier molecular flexibility index (Phi) is 6.31. The Hall–Kier alpha value is -0.650.